The van der Waals surface area contributed by atoms with Gasteiger partial charge in [-0.2, -0.15) is 18.4 Å². The minimum atomic E-state index is -4.54. The molecule has 3 nitrogen and oxygen atoms in total. The van der Waals surface area contributed by atoms with E-state index in [4.69, 9.17) is 5.26 Å². The molecule has 0 amide bonds. The second-order valence-electron chi connectivity index (χ2n) is 3.90. The largest absolute Gasteiger partial charge is 0.417 e. The summed E-state index contributed by atoms with van der Waals surface area (Å²) >= 11 is 0. The van der Waals surface area contributed by atoms with Crippen LogP contribution in [0.2, 0.25) is 0 Å². The monoisotopic (exact) mass is 253 g/mol. The highest BCUT2D eigenvalue weighted by atomic mass is 19.4. The first kappa shape index (κ1) is 12.4. The summed E-state index contributed by atoms with van der Waals surface area (Å²) in [7, 11) is 0. The van der Waals surface area contributed by atoms with Crippen LogP contribution in [0.3, 0.4) is 0 Å². The number of aromatic nitrogens is 2. The minimum Gasteiger partial charge on any atom is -0.328 e. The lowest BCUT2D eigenvalue weighted by Crippen LogP contribution is -2.08. The predicted octanol–water partition coefficient (Wildman–Crippen LogP) is 3.26. The third kappa shape index (κ3) is 1.82. The standard InChI is InChI=1S/C12H10F3N3/c1-3-18-7(2)17-10-5-9(12(13,14)15)8(6-16)4-11(10)18/h4-5H,3H2,1-2H3. The van der Waals surface area contributed by atoms with E-state index in [9.17, 15) is 13.2 Å². The van der Waals surface area contributed by atoms with E-state index in [2.05, 4.69) is 4.98 Å². The van der Waals surface area contributed by atoms with E-state index in [0.717, 1.165) is 6.07 Å². The van der Waals surface area contributed by atoms with Crippen LogP contribution in [-0.4, -0.2) is 9.55 Å². The van der Waals surface area contributed by atoms with E-state index < -0.39 is 11.7 Å². The first-order valence-corrected chi connectivity index (χ1v) is 5.36. The zero-order valence-corrected chi connectivity index (χ0v) is 9.84. The summed E-state index contributed by atoms with van der Waals surface area (Å²) in [6.07, 6.45) is -4.54. The number of aryl methyl sites for hydroxylation is 2. The van der Waals surface area contributed by atoms with Crippen molar-refractivity contribution in [3.63, 3.8) is 0 Å². The molecular weight excluding hydrogens is 243 g/mol. The van der Waals surface area contributed by atoms with Gasteiger partial charge < -0.3 is 4.57 Å². The van der Waals surface area contributed by atoms with Crippen LogP contribution < -0.4 is 0 Å². The van der Waals surface area contributed by atoms with Crippen LogP contribution in [0.15, 0.2) is 12.1 Å². The molecule has 6 heteroatoms. The van der Waals surface area contributed by atoms with E-state index in [1.807, 2.05) is 6.92 Å². The van der Waals surface area contributed by atoms with Crippen molar-refractivity contribution in [2.24, 2.45) is 0 Å². The van der Waals surface area contributed by atoms with Gasteiger partial charge in [0.05, 0.1) is 28.2 Å². The van der Waals surface area contributed by atoms with Crippen molar-refractivity contribution in [2.45, 2.75) is 26.6 Å². The van der Waals surface area contributed by atoms with E-state index in [-0.39, 0.29) is 11.1 Å². The van der Waals surface area contributed by atoms with Crippen LogP contribution in [-0.2, 0) is 12.7 Å². The smallest absolute Gasteiger partial charge is 0.328 e. The average Bonchev–Trinajstić information content (AvgIpc) is 2.60. The van der Waals surface area contributed by atoms with Gasteiger partial charge in [-0.05, 0) is 26.0 Å². The highest BCUT2D eigenvalue weighted by molar-refractivity contribution is 5.79. The predicted molar refractivity (Wildman–Crippen MR) is 59.9 cm³/mol. The fraction of sp³-hybridized carbons (Fsp3) is 0.333. The van der Waals surface area contributed by atoms with Crippen molar-refractivity contribution in [1.29, 1.82) is 5.26 Å². The average molecular weight is 253 g/mol. The Morgan fingerprint density at radius 1 is 1.39 bits per heavy atom. The SMILES string of the molecule is CCn1c(C)nc2cc(C(F)(F)F)c(C#N)cc21. The van der Waals surface area contributed by atoms with Gasteiger partial charge in [0.25, 0.3) is 0 Å². The maximum absolute atomic E-state index is 12.8. The Morgan fingerprint density at radius 2 is 2.06 bits per heavy atom. The van der Waals surface area contributed by atoms with E-state index in [1.54, 1.807) is 17.6 Å². The van der Waals surface area contributed by atoms with Gasteiger partial charge in [0.2, 0.25) is 0 Å². The third-order valence-electron chi connectivity index (χ3n) is 2.82. The topological polar surface area (TPSA) is 41.6 Å². The molecule has 0 atom stereocenters. The van der Waals surface area contributed by atoms with Crippen LogP contribution in [0.25, 0.3) is 11.0 Å². The summed E-state index contributed by atoms with van der Waals surface area (Å²) in [6, 6.07) is 3.78. The van der Waals surface area contributed by atoms with Gasteiger partial charge in [0.1, 0.15) is 5.82 Å². The quantitative estimate of drug-likeness (QED) is 0.782. The van der Waals surface area contributed by atoms with E-state index in [0.29, 0.717) is 17.9 Å². The molecule has 0 fully saturated rings. The number of nitrogens with zero attached hydrogens (tertiary/aromatic N) is 3. The van der Waals surface area contributed by atoms with Crippen molar-refractivity contribution >= 4 is 11.0 Å². The Labute approximate surface area is 101 Å². The molecule has 0 saturated carbocycles. The molecule has 94 valence electrons. The number of rotatable bonds is 1. The lowest BCUT2D eigenvalue weighted by Gasteiger charge is -2.09. The summed E-state index contributed by atoms with van der Waals surface area (Å²) in [6.45, 7) is 4.19. The molecule has 1 heterocycles. The van der Waals surface area contributed by atoms with Crippen molar-refractivity contribution in [1.82, 2.24) is 9.55 Å². The number of halogens is 3. The normalized spacial score (nSPS) is 11.8. The zero-order valence-electron chi connectivity index (χ0n) is 9.84. The molecule has 0 aliphatic rings. The maximum Gasteiger partial charge on any atom is 0.417 e. The molecular formula is C12H10F3N3. The number of nitriles is 1. The van der Waals surface area contributed by atoms with Crippen molar-refractivity contribution in [3.8, 4) is 6.07 Å². The minimum absolute atomic E-state index is 0.265. The fourth-order valence-corrected chi connectivity index (χ4v) is 2.02. The number of hydrogen-bond donors (Lipinski definition) is 0. The Hall–Kier alpha value is -2.03. The molecule has 1 aromatic heterocycles. The van der Waals surface area contributed by atoms with Gasteiger partial charge >= 0.3 is 6.18 Å². The van der Waals surface area contributed by atoms with Gasteiger partial charge in [-0.1, -0.05) is 0 Å². The van der Waals surface area contributed by atoms with Crippen molar-refractivity contribution < 1.29 is 13.2 Å². The molecule has 2 aromatic rings. The summed E-state index contributed by atoms with van der Waals surface area (Å²) in [5.41, 5.74) is -0.483. The number of alkyl halides is 3. The molecule has 2 rings (SSSR count). The highest BCUT2D eigenvalue weighted by Crippen LogP contribution is 2.34. The molecule has 0 aliphatic heterocycles. The summed E-state index contributed by atoms with van der Waals surface area (Å²) in [4.78, 5) is 4.09. The Morgan fingerprint density at radius 3 is 2.56 bits per heavy atom. The third-order valence-corrected chi connectivity index (χ3v) is 2.82. The number of benzene rings is 1. The van der Waals surface area contributed by atoms with Gasteiger partial charge in [-0.3, -0.25) is 0 Å². The van der Waals surface area contributed by atoms with E-state index in [1.165, 1.54) is 6.07 Å². The van der Waals surface area contributed by atoms with Crippen LogP contribution >= 0.6 is 0 Å². The van der Waals surface area contributed by atoms with E-state index >= 15 is 0 Å². The Balaban J connectivity index is 2.82. The molecule has 0 bridgehead atoms. The number of imidazole rings is 1. The molecule has 0 saturated heterocycles. The number of fused-ring (bicyclic) bond motifs is 1. The first-order chi connectivity index (χ1) is 8.38. The number of hydrogen-bond acceptors (Lipinski definition) is 2. The zero-order chi connectivity index (χ0) is 13.5. The first-order valence-electron chi connectivity index (χ1n) is 5.36. The van der Waals surface area contributed by atoms with Crippen molar-refractivity contribution in [3.05, 3.63) is 29.1 Å². The highest BCUT2D eigenvalue weighted by Gasteiger charge is 2.34. The second-order valence-corrected chi connectivity index (χ2v) is 3.90. The summed E-state index contributed by atoms with van der Waals surface area (Å²) < 4.78 is 40.1. The van der Waals surface area contributed by atoms with Gasteiger partial charge in [0, 0.05) is 6.54 Å². The fourth-order valence-electron chi connectivity index (χ4n) is 2.02. The Bertz CT molecular complexity index is 647. The molecule has 18 heavy (non-hydrogen) atoms. The lowest BCUT2D eigenvalue weighted by molar-refractivity contribution is -0.137. The maximum atomic E-state index is 12.8. The van der Waals surface area contributed by atoms with Crippen LogP contribution in [0.4, 0.5) is 13.2 Å². The molecule has 0 unspecified atom stereocenters. The Kier molecular flexibility index (Phi) is 2.77. The molecule has 0 N–H and O–H groups in total. The lowest BCUT2D eigenvalue weighted by atomic mass is 10.1. The van der Waals surface area contributed by atoms with Gasteiger partial charge in [-0.15, -0.1) is 0 Å². The summed E-state index contributed by atoms with van der Waals surface area (Å²) in [5, 5.41) is 8.83. The molecule has 1 aromatic carbocycles. The molecule has 0 radical (unpaired) electrons. The molecule has 0 spiro atoms. The second kappa shape index (κ2) is 4.02. The van der Waals surface area contributed by atoms with Gasteiger partial charge in [0.15, 0.2) is 0 Å². The summed E-state index contributed by atoms with van der Waals surface area (Å²) in [5.74, 6) is 0.635. The van der Waals surface area contributed by atoms with Crippen molar-refractivity contribution in [2.75, 3.05) is 0 Å². The van der Waals surface area contributed by atoms with Crippen LogP contribution in [0, 0.1) is 18.3 Å². The van der Waals surface area contributed by atoms with Crippen LogP contribution in [0.1, 0.15) is 23.9 Å². The molecule has 0 aliphatic carbocycles. The van der Waals surface area contributed by atoms with Crippen LogP contribution in [0.5, 0.6) is 0 Å². The van der Waals surface area contributed by atoms with Gasteiger partial charge in [-0.25, -0.2) is 4.98 Å².